The van der Waals surface area contributed by atoms with Gasteiger partial charge < -0.3 is 10.1 Å². The van der Waals surface area contributed by atoms with Crippen molar-refractivity contribution in [3.05, 3.63) is 46.0 Å². The number of ether oxygens (including phenoxy) is 1. The number of carbonyl (C=O) groups excluding carboxylic acids is 2. The second kappa shape index (κ2) is 6.15. The Morgan fingerprint density at radius 1 is 1.19 bits per heavy atom. The molecular formula is C19H18BrF2NO3. The molecule has 1 aromatic rings. The number of nitrogens with one attached hydrogen (secondary N) is 1. The summed E-state index contributed by atoms with van der Waals surface area (Å²) in [6.07, 6.45) is 6.06. The fraction of sp³-hybridized carbons (Fsp3) is 0.474. The average Bonchev–Trinajstić information content (AvgIpc) is 3.31. The lowest BCUT2D eigenvalue weighted by atomic mass is 9.82. The standard InChI is InChI=1S/C19H18BrF2NO3/c1-26-18(25)14-11-4-3-10(19(11)6-7-19)13(14)17(24)23-8-9-2-5-12(20)16(22)15(9)21/h2-5,10-11,13-14H,6-8H2,1H3,(H,23,24)/t10-,11+,13+,14+/m0/s1. The molecule has 1 aromatic carbocycles. The van der Waals surface area contributed by atoms with E-state index in [-0.39, 0.29) is 45.7 Å². The highest BCUT2D eigenvalue weighted by molar-refractivity contribution is 9.10. The second-order valence-corrected chi connectivity index (χ2v) is 8.15. The molecule has 0 aromatic heterocycles. The van der Waals surface area contributed by atoms with Crippen molar-refractivity contribution in [1.82, 2.24) is 5.32 Å². The van der Waals surface area contributed by atoms with E-state index in [0.717, 1.165) is 12.8 Å². The van der Waals surface area contributed by atoms with E-state index in [9.17, 15) is 18.4 Å². The van der Waals surface area contributed by atoms with E-state index in [1.54, 1.807) is 0 Å². The Hall–Kier alpha value is -1.76. The minimum absolute atomic E-state index is 0.00287. The zero-order valence-corrected chi connectivity index (χ0v) is 15.7. The molecule has 4 nitrogen and oxygen atoms in total. The normalized spacial score (nSPS) is 29.8. The maximum absolute atomic E-state index is 14.0. The number of allylic oxidation sites excluding steroid dienone is 2. The molecule has 1 spiro atoms. The lowest BCUT2D eigenvalue weighted by Crippen LogP contribution is -2.40. The van der Waals surface area contributed by atoms with Gasteiger partial charge in [-0.3, -0.25) is 9.59 Å². The number of esters is 1. The molecule has 0 saturated heterocycles. The van der Waals surface area contributed by atoms with Gasteiger partial charge in [0.25, 0.3) is 0 Å². The third-order valence-corrected chi connectivity index (χ3v) is 6.80. The molecule has 0 unspecified atom stereocenters. The monoisotopic (exact) mass is 425 g/mol. The van der Waals surface area contributed by atoms with E-state index in [4.69, 9.17) is 4.74 Å². The molecule has 1 amide bonds. The summed E-state index contributed by atoms with van der Waals surface area (Å²) in [5.74, 6) is -3.67. The number of rotatable bonds is 4. The molecular weight excluding hydrogens is 408 g/mol. The van der Waals surface area contributed by atoms with E-state index in [1.807, 2.05) is 12.2 Å². The summed E-state index contributed by atoms with van der Waals surface area (Å²) in [6.45, 7) is -0.132. The smallest absolute Gasteiger partial charge is 0.310 e. The summed E-state index contributed by atoms with van der Waals surface area (Å²) in [7, 11) is 1.33. The summed E-state index contributed by atoms with van der Waals surface area (Å²) in [6, 6.07) is 2.82. The van der Waals surface area contributed by atoms with Crippen molar-refractivity contribution in [3.63, 3.8) is 0 Å². The van der Waals surface area contributed by atoms with Gasteiger partial charge >= 0.3 is 5.97 Å². The van der Waals surface area contributed by atoms with Crippen LogP contribution >= 0.6 is 15.9 Å². The van der Waals surface area contributed by atoms with Crippen LogP contribution in [0.2, 0.25) is 0 Å². The number of hydrogen-bond acceptors (Lipinski definition) is 3. The highest BCUT2D eigenvalue weighted by Gasteiger charge is 2.70. The number of methoxy groups -OCH3 is 1. The fourth-order valence-electron chi connectivity index (χ4n) is 4.82. The molecule has 4 atom stereocenters. The van der Waals surface area contributed by atoms with E-state index in [1.165, 1.54) is 19.2 Å². The van der Waals surface area contributed by atoms with Crippen molar-refractivity contribution < 1.29 is 23.1 Å². The number of carbonyl (C=O) groups is 2. The molecule has 7 heteroatoms. The van der Waals surface area contributed by atoms with Crippen LogP contribution in [0.5, 0.6) is 0 Å². The third kappa shape index (κ3) is 2.43. The number of benzene rings is 1. The Morgan fingerprint density at radius 3 is 2.46 bits per heavy atom. The molecule has 138 valence electrons. The van der Waals surface area contributed by atoms with Gasteiger partial charge in [-0.1, -0.05) is 18.2 Å². The number of hydrogen-bond donors (Lipinski definition) is 1. The van der Waals surface area contributed by atoms with Gasteiger partial charge in [0, 0.05) is 12.1 Å². The first-order valence-corrected chi connectivity index (χ1v) is 9.36. The molecule has 3 aliphatic rings. The minimum atomic E-state index is -0.990. The largest absolute Gasteiger partial charge is 0.469 e. The van der Waals surface area contributed by atoms with Crippen LogP contribution in [0, 0.1) is 40.7 Å². The Morgan fingerprint density at radius 2 is 1.85 bits per heavy atom. The highest BCUT2D eigenvalue weighted by Crippen LogP contribution is 2.72. The molecule has 1 N–H and O–H groups in total. The van der Waals surface area contributed by atoms with Crippen LogP contribution in [-0.4, -0.2) is 19.0 Å². The van der Waals surface area contributed by atoms with Crippen LogP contribution in [0.25, 0.3) is 0 Å². The van der Waals surface area contributed by atoms with Crippen LogP contribution in [0.3, 0.4) is 0 Å². The van der Waals surface area contributed by atoms with Crippen LogP contribution < -0.4 is 5.32 Å². The van der Waals surface area contributed by atoms with Crippen molar-refractivity contribution in [2.75, 3.05) is 7.11 Å². The SMILES string of the molecule is COC(=O)[C@H]1[C@H](C(=O)NCc2ccc(Br)c(F)c2F)[C@@H]2C=C[C@H]1C21CC1. The van der Waals surface area contributed by atoms with Crippen LogP contribution in [0.15, 0.2) is 28.8 Å². The zero-order valence-electron chi connectivity index (χ0n) is 14.1. The average molecular weight is 426 g/mol. The Balaban J connectivity index is 1.53. The maximum atomic E-state index is 14.0. The molecule has 26 heavy (non-hydrogen) atoms. The molecule has 2 fully saturated rings. The van der Waals surface area contributed by atoms with Gasteiger partial charge in [-0.2, -0.15) is 0 Å². The van der Waals surface area contributed by atoms with Gasteiger partial charge in [-0.05, 0) is 52.1 Å². The molecule has 0 aliphatic heterocycles. The highest BCUT2D eigenvalue weighted by atomic mass is 79.9. The van der Waals surface area contributed by atoms with Crippen molar-refractivity contribution in [1.29, 1.82) is 0 Å². The first kappa shape index (κ1) is 17.6. The summed E-state index contributed by atoms with van der Waals surface area (Å²) in [5.41, 5.74) is 0.0732. The Bertz CT molecular complexity index is 821. The first-order valence-electron chi connectivity index (χ1n) is 8.57. The lowest BCUT2D eigenvalue weighted by molar-refractivity contribution is -0.151. The van der Waals surface area contributed by atoms with Crippen molar-refractivity contribution in [3.8, 4) is 0 Å². The van der Waals surface area contributed by atoms with Crippen molar-refractivity contribution >= 4 is 27.8 Å². The summed E-state index contributed by atoms with van der Waals surface area (Å²) < 4.78 is 32.6. The molecule has 2 saturated carbocycles. The third-order valence-electron chi connectivity index (χ3n) is 6.19. The van der Waals surface area contributed by atoms with Crippen molar-refractivity contribution in [2.24, 2.45) is 29.1 Å². The van der Waals surface area contributed by atoms with Crippen molar-refractivity contribution in [2.45, 2.75) is 19.4 Å². The molecule has 0 radical (unpaired) electrons. The number of halogens is 3. The molecule has 4 rings (SSSR count). The fourth-order valence-corrected chi connectivity index (χ4v) is 5.12. The van der Waals surface area contributed by atoms with Crippen LogP contribution in [0.1, 0.15) is 18.4 Å². The van der Waals surface area contributed by atoms with Gasteiger partial charge in [0.05, 0.1) is 23.4 Å². The van der Waals surface area contributed by atoms with Crippen LogP contribution in [-0.2, 0) is 20.9 Å². The lowest BCUT2D eigenvalue weighted by Gasteiger charge is -2.25. The van der Waals surface area contributed by atoms with Gasteiger partial charge in [0.1, 0.15) is 0 Å². The van der Waals surface area contributed by atoms with Gasteiger partial charge in [-0.15, -0.1) is 0 Å². The van der Waals surface area contributed by atoms with E-state index in [0.29, 0.717) is 0 Å². The van der Waals surface area contributed by atoms with Gasteiger partial charge in [0.2, 0.25) is 5.91 Å². The Kier molecular flexibility index (Phi) is 4.17. The Labute approximate surface area is 158 Å². The van der Waals surface area contributed by atoms with Gasteiger partial charge in [-0.25, -0.2) is 8.78 Å². The number of amides is 1. The summed E-state index contributed by atoms with van der Waals surface area (Å²) in [5, 5.41) is 2.69. The second-order valence-electron chi connectivity index (χ2n) is 7.30. The predicted octanol–water partition coefficient (Wildman–Crippen LogP) is 3.34. The van der Waals surface area contributed by atoms with Gasteiger partial charge in [0.15, 0.2) is 11.6 Å². The summed E-state index contributed by atoms with van der Waals surface area (Å²) >= 11 is 2.93. The first-order chi connectivity index (χ1) is 12.4. The van der Waals surface area contributed by atoms with E-state index >= 15 is 0 Å². The van der Waals surface area contributed by atoms with Crippen LogP contribution in [0.4, 0.5) is 8.78 Å². The maximum Gasteiger partial charge on any atom is 0.310 e. The zero-order chi connectivity index (χ0) is 18.6. The molecule has 2 bridgehead atoms. The topological polar surface area (TPSA) is 55.4 Å². The predicted molar refractivity (Wildman–Crippen MR) is 92.7 cm³/mol. The summed E-state index contributed by atoms with van der Waals surface area (Å²) in [4.78, 5) is 25.1. The van der Waals surface area contributed by atoms with E-state index < -0.39 is 23.5 Å². The molecule has 3 aliphatic carbocycles. The minimum Gasteiger partial charge on any atom is -0.469 e. The molecule has 0 heterocycles. The quantitative estimate of drug-likeness (QED) is 0.457. The van der Waals surface area contributed by atoms with E-state index in [2.05, 4.69) is 21.2 Å².